The lowest BCUT2D eigenvalue weighted by Crippen LogP contribution is -2.29. The van der Waals surface area contributed by atoms with Gasteiger partial charge in [-0.05, 0) is 24.6 Å². The third kappa shape index (κ3) is 3.75. The van der Waals surface area contributed by atoms with Crippen LogP contribution in [0.2, 0.25) is 5.02 Å². The van der Waals surface area contributed by atoms with Crippen molar-refractivity contribution >= 4 is 17.6 Å². The van der Waals surface area contributed by atoms with Crippen LogP contribution >= 0.6 is 11.6 Å². The molecule has 2 rings (SSSR count). The third-order valence-corrected chi connectivity index (χ3v) is 3.24. The largest absolute Gasteiger partial charge is 0.478 e. The number of benzene rings is 2. The lowest BCUT2D eigenvalue weighted by atomic mass is 10.1. The van der Waals surface area contributed by atoms with E-state index in [0.29, 0.717) is 17.2 Å². The molecule has 104 valence electrons. The number of hydrogen-bond acceptors (Lipinski definition) is 2. The van der Waals surface area contributed by atoms with Crippen molar-refractivity contribution in [2.75, 3.05) is 0 Å². The molecule has 0 aliphatic heterocycles. The van der Waals surface area contributed by atoms with E-state index < -0.39 is 12.1 Å². The second-order valence-electron chi connectivity index (χ2n) is 4.56. The van der Waals surface area contributed by atoms with E-state index in [-0.39, 0.29) is 0 Å². The minimum absolute atomic E-state index is 0.292. The van der Waals surface area contributed by atoms with Crippen LogP contribution in [0.1, 0.15) is 11.1 Å². The van der Waals surface area contributed by atoms with Gasteiger partial charge in [-0.3, -0.25) is 0 Å². The summed E-state index contributed by atoms with van der Waals surface area (Å²) in [6, 6.07) is 14.6. The molecule has 0 unspecified atom stereocenters. The Morgan fingerprint density at radius 1 is 1.20 bits per heavy atom. The molecule has 0 aromatic heterocycles. The summed E-state index contributed by atoms with van der Waals surface area (Å²) >= 11 is 5.98. The Bertz CT molecular complexity index is 593. The van der Waals surface area contributed by atoms with Gasteiger partial charge >= 0.3 is 5.97 Å². The smallest absolute Gasteiger partial charge is 0.345 e. The van der Waals surface area contributed by atoms with Crippen LogP contribution in [0.4, 0.5) is 0 Å². The molecule has 1 atom stereocenters. The normalized spacial score (nSPS) is 11.9. The molecule has 0 amide bonds. The lowest BCUT2D eigenvalue weighted by molar-refractivity contribution is -0.145. The monoisotopic (exact) mass is 290 g/mol. The highest BCUT2D eigenvalue weighted by molar-refractivity contribution is 6.32. The van der Waals surface area contributed by atoms with Gasteiger partial charge < -0.3 is 9.84 Å². The first-order chi connectivity index (χ1) is 9.56. The maximum atomic E-state index is 11.3. The number of para-hydroxylation sites is 1. The van der Waals surface area contributed by atoms with Gasteiger partial charge in [0.2, 0.25) is 0 Å². The van der Waals surface area contributed by atoms with Crippen LogP contribution in [-0.4, -0.2) is 17.2 Å². The molecular formula is C16H15ClO3. The number of carbonyl (C=O) groups is 1. The van der Waals surface area contributed by atoms with Crippen molar-refractivity contribution in [2.45, 2.75) is 19.4 Å². The first-order valence-electron chi connectivity index (χ1n) is 6.26. The van der Waals surface area contributed by atoms with Crippen LogP contribution in [0.3, 0.4) is 0 Å². The fraction of sp³-hybridized carbons (Fsp3) is 0.188. The second-order valence-corrected chi connectivity index (χ2v) is 4.97. The number of carboxylic acid groups (broad SMARTS) is 1. The number of hydrogen-bond donors (Lipinski definition) is 1. The minimum Gasteiger partial charge on any atom is -0.478 e. The molecule has 3 nitrogen and oxygen atoms in total. The average molecular weight is 291 g/mol. The molecule has 1 N–H and O–H groups in total. The van der Waals surface area contributed by atoms with Gasteiger partial charge in [-0.25, -0.2) is 4.79 Å². The molecular weight excluding hydrogens is 276 g/mol. The Morgan fingerprint density at radius 3 is 2.45 bits per heavy atom. The van der Waals surface area contributed by atoms with E-state index >= 15 is 0 Å². The van der Waals surface area contributed by atoms with Gasteiger partial charge in [0, 0.05) is 6.42 Å². The highest BCUT2D eigenvalue weighted by atomic mass is 35.5. The van der Waals surface area contributed by atoms with Gasteiger partial charge in [0.15, 0.2) is 6.10 Å². The first-order valence-corrected chi connectivity index (χ1v) is 6.63. The number of rotatable bonds is 5. The summed E-state index contributed by atoms with van der Waals surface area (Å²) in [6.07, 6.45) is -0.668. The van der Waals surface area contributed by atoms with E-state index in [2.05, 4.69) is 0 Å². The molecule has 0 saturated carbocycles. The van der Waals surface area contributed by atoms with Crippen molar-refractivity contribution in [2.24, 2.45) is 0 Å². The fourth-order valence-electron chi connectivity index (χ4n) is 1.81. The summed E-state index contributed by atoms with van der Waals surface area (Å²) in [6.45, 7) is 1.98. The van der Waals surface area contributed by atoms with Crippen molar-refractivity contribution in [3.63, 3.8) is 0 Å². The highest BCUT2D eigenvalue weighted by Crippen LogP contribution is 2.25. The third-order valence-electron chi connectivity index (χ3n) is 2.92. The van der Waals surface area contributed by atoms with Gasteiger partial charge in [-0.1, -0.05) is 53.6 Å². The second kappa shape index (κ2) is 6.44. The van der Waals surface area contributed by atoms with E-state index in [0.717, 1.165) is 11.1 Å². The van der Waals surface area contributed by atoms with Crippen LogP contribution in [0.15, 0.2) is 48.5 Å². The molecule has 0 spiro atoms. The lowest BCUT2D eigenvalue weighted by Gasteiger charge is -2.16. The molecule has 0 aliphatic carbocycles. The molecule has 0 saturated heterocycles. The summed E-state index contributed by atoms with van der Waals surface area (Å²) in [5.74, 6) is -0.626. The quantitative estimate of drug-likeness (QED) is 0.913. The summed E-state index contributed by atoms with van der Waals surface area (Å²) in [7, 11) is 0. The molecule has 0 fully saturated rings. The summed E-state index contributed by atoms with van der Waals surface area (Å²) in [5.41, 5.74) is 2.04. The van der Waals surface area contributed by atoms with Gasteiger partial charge in [-0.15, -0.1) is 0 Å². The Labute approximate surface area is 122 Å². The summed E-state index contributed by atoms with van der Waals surface area (Å²) < 4.78 is 5.51. The van der Waals surface area contributed by atoms with E-state index in [4.69, 9.17) is 16.3 Å². The number of halogens is 1. The molecule has 0 aliphatic rings. The maximum absolute atomic E-state index is 11.3. The predicted octanol–water partition coefficient (Wildman–Crippen LogP) is 3.72. The fourth-order valence-corrected chi connectivity index (χ4v) is 1.99. The number of aliphatic carboxylic acids is 1. The summed E-state index contributed by atoms with van der Waals surface area (Å²) in [4.78, 5) is 11.3. The van der Waals surface area contributed by atoms with Crippen molar-refractivity contribution in [1.29, 1.82) is 0 Å². The Balaban J connectivity index is 2.14. The van der Waals surface area contributed by atoms with Gasteiger partial charge in [0.05, 0.1) is 5.02 Å². The van der Waals surface area contributed by atoms with Crippen LogP contribution < -0.4 is 4.74 Å². The number of aryl methyl sites for hydroxylation is 1. The van der Waals surface area contributed by atoms with E-state index in [1.807, 2.05) is 31.2 Å². The van der Waals surface area contributed by atoms with Gasteiger partial charge in [0.25, 0.3) is 0 Å². The first kappa shape index (κ1) is 14.4. The molecule has 0 bridgehead atoms. The molecule has 0 heterocycles. The van der Waals surface area contributed by atoms with Crippen LogP contribution in [0.5, 0.6) is 5.75 Å². The highest BCUT2D eigenvalue weighted by Gasteiger charge is 2.21. The Morgan fingerprint density at radius 2 is 1.85 bits per heavy atom. The zero-order chi connectivity index (χ0) is 14.5. The predicted molar refractivity (Wildman–Crippen MR) is 78.4 cm³/mol. The van der Waals surface area contributed by atoms with Gasteiger partial charge in [0.1, 0.15) is 5.75 Å². The minimum atomic E-state index is -1.01. The average Bonchev–Trinajstić information content (AvgIpc) is 2.42. The van der Waals surface area contributed by atoms with E-state index in [1.165, 1.54) is 0 Å². The zero-order valence-corrected chi connectivity index (χ0v) is 11.8. The molecule has 0 radical (unpaired) electrons. The van der Waals surface area contributed by atoms with Gasteiger partial charge in [-0.2, -0.15) is 0 Å². The van der Waals surface area contributed by atoms with Crippen LogP contribution in [-0.2, 0) is 11.2 Å². The molecule has 20 heavy (non-hydrogen) atoms. The molecule has 2 aromatic rings. The SMILES string of the molecule is Cc1ccc(C[C@@H](Oc2ccccc2Cl)C(=O)O)cc1. The van der Waals surface area contributed by atoms with E-state index in [9.17, 15) is 9.90 Å². The Kier molecular flexibility index (Phi) is 4.64. The van der Waals surface area contributed by atoms with E-state index in [1.54, 1.807) is 24.3 Å². The van der Waals surface area contributed by atoms with Crippen molar-refractivity contribution < 1.29 is 14.6 Å². The van der Waals surface area contributed by atoms with Crippen molar-refractivity contribution in [3.8, 4) is 5.75 Å². The topological polar surface area (TPSA) is 46.5 Å². The standard InChI is InChI=1S/C16H15ClO3/c1-11-6-8-12(9-7-11)10-15(16(18)19)20-14-5-3-2-4-13(14)17/h2-9,15H,10H2,1H3,(H,18,19)/t15-/m1/s1. The zero-order valence-electron chi connectivity index (χ0n) is 11.0. The molecule has 2 aromatic carbocycles. The number of ether oxygens (including phenoxy) is 1. The maximum Gasteiger partial charge on any atom is 0.345 e. The van der Waals surface area contributed by atoms with Crippen molar-refractivity contribution in [1.82, 2.24) is 0 Å². The molecule has 4 heteroatoms. The van der Waals surface area contributed by atoms with Crippen molar-refractivity contribution in [3.05, 3.63) is 64.7 Å². The Hall–Kier alpha value is -2.00. The van der Waals surface area contributed by atoms with Crippen LogP contribution in [0.25, 0.3) is 0 Å². The van der Waals surface area contributed by atoms with Crippen LogP contribution in [0, 0.1) is 6.92 Å². The summed E-state index contributed by atoms with van der Waals surface area (Å²) in [5, 5.41) is 9.68. The number of carboxylic acids is 1.